The van der Waals surface area contributed by atoms with E-state index in [4.69, 9.17) is 0 Å². The van der Waals surface area contributed by atoms with Crippen LogP contribution in [0, 0.1) is 0 Å². The molecule has 2 heterocycles. The molecule has 0 aromatic carbocycles. The van der Waals surface area contributed by atoms with E-state index in [-0.39, 0.29) is 6.10 Å². The summed E-state index contributed by atoms with van der Waals surface area (Å²) in [6.07, 6.45) is 3.33. The zero-order valence-corrected chi connectivity index (χ0v) is 8.42. The molecule has 0 aromatic heterocycles. The lowest BCUT2D eigenvalue weighted by Crippen LogP contribution is -2.51. The highest BCUT2D eigenvalue weighted by Crippen LogP contribution is 2.29. The Morgan fingerprint density at radius 3 is 2.62 bits per heavy atom. The Morgan fingerprint density at radius 2 is 2.08 bits per heavy atom. The number of hydrogen-bond acceptors (Lipinski definition) is 3. The molecule has 0 amide bonds. The molecule has 0 radical (unpaired) electrons. The number of likely N-dealkylation sites (tertiary alicyclic amines) is 1. The molecular formula is C10H20N2O. The van der Waals surface area contributed by atoms with E-state index in [1.807, 2.05) is 0 Å². The number of rotatable bonds is 1. The Hall–Kier alpha value is -0.120. The number of aliphatic hydroxyl groups is 1. The van der Waals surface area contributed by atoms with E-state index in [1.54, 1.807) is 0 Å². The zero-order valence-electron chi connectivity index (χ0n) is 8.42. The number of nitrogens with one attached hydrogen (secondary N) is 1. The first-order valence-corrected chi connectivity index (χ1v) is 5.34. The summed E-state index contributed by atoms with van der Waals surface area (Å²) >= 11 is 0. The Kier molecular flexibility index (Phi) is 2.58. The first-order chi connectivity index (χ1) is 6.21. The molecule has 3 heteroatoms. The molecule has 2 saturated heterocycles. The van der Waals surface area contributed by atoms with Crippen LogP contribution < -0.4 is 5.32 Å². The summed E-state index contributed by atoms with van der Waals surface area (Å²) in [5.41, 5.74) is 0.350. The second kappa shape index (κ2) is 3.56. The fourth-order valence-electron chi connectivity index (χ4n) is 2.51. The van der Waals surface area contributed by atoms with Crippen molar-refractivity contribution in [3.63, 3.8) is 0 Å². The quantitative estimate of drug-likeness (QED) is 0.611. The lowest BCUT2D eigenvalue weighted by atomic mass is 9.89. The zero-order chi connectivity index (χ0) is 9.31. The van der Waals surface area contributed by atoms with Crippen molar-refractivity contribution in [2.24, 2.45) is 0 Å². The van der Waals surface area contributed by atoms with Crippen molar-refractivity contribution in [3.05, 3.63) is 0 Å². The highest BCUT2D eigenvalue weighted by atomic mass is 16.3. The predicted molar refractivity (Wildman–Crippen MR) is 52.7 cm³/mol. The van der Waals surface area contributed by atoms with Gasteiger partial charge in [0.15, 0.2) is 0 Å². The maximum atomic E-state index is 9.49. The molecule has 0 saturated carbocycles. The largest absolute Gasteiger partial charge is 0.392 e. The standard InChI is InChI=1S/C10H20N2O/c1-10(3-5-11-6-4-10)12-7-2-9(13)8-12/h9,11,13H,2-8H2,1H3. The summed E-state index contributed by atoms with van der Waals surface area (Å²) in [6, 6.07) is 0. The van der Waals surface area contributed by atoms with Gasteiger partial charge in [0.25, 0.3) is 0 Å². The molecule has 2 aliphatic heterocycles. The van der Waals surface area contributed by atoms with Crippen LogP contribution in [0.5, 0.6) is 0 Å². The van der Waals surface area contributed by atoms with Gasteiger partial charge in [-0.25, -0.2) is 0 Å². The van der Waals surface area contributed by atoms with Crippen LogP contribution in [-0.4, -0.2) is 47.8 Å². The third-order valence-electron chi connectivity index (χ3n) is 3.61. The van der Waals surface area contributed by atoms with Gasteiger partial charge in [-0.2, -0.15) is 0 Å². The first-order valence-electron chi connectivity index (χ1n) is 5.34. The summed E-state index contributed by atoms with van der Waals surface area (Å²) in [7, 11) is 0. The number of piperidine rings is 1. The van der Waals surface area contributed by atoms with Gasteiger partial charge in [0.1, 0.15) is 0 Å². The fraction of sp³-hybridized carbons (Fsp3) is 1.00. The summed E-state index contributed by atoms with van der Waals surface area (Å²) in [4.78, 5) is 2.47. The van der Waals surface area contributed by atoms with Crippen LogP contribution in [0.3, 0.4) is 0 Å². The van der Waals surface area contributed by atoms with Gasteiger partial charge < -0.3 is 10.4 Å². The lowest BCUT2D eigenvalue weighted by Gasteiger charge is -2.42. The van der Waals surface area contributed by atoms with Gasteiger partial charge in [0.05, 0.1) is 6.10 Å². The van der Waals surface area contributed by atoms with E-state index >= 15 is 0 Å². The summed E-state index contributed by atoms with van der Waals surface area (Å²) in [6.45, 7) is 6.56. The molecule has 2 fully saturated rings. The average Bonchev–Trinajstić information content (AvgIpc) is 2.54. The van der Waals surface area contributed by atoms with Gasteiger partial charge in [0.2, 0.25) is 0 Å². The van der Waals surface area contributed by atoms with Crippen LogP contribution in [0.1, 0.15) is 26.2 Å². The molecule has 0 spiro atoms. The predicted octanol–water partition coefficient (Wildman–Crippen LogP) is 0.195. The monoisotopic (exact) mass is 184 g/mol. The Balaban J connectivity index is 1.97. The topological polar surface area (TPSA) is 35.5 Å². The summed E-state index contributed by atoms with van der Waals surface area (Å²) < 4.78 is 0. The first kappa shape index (κ1) is 9.44. The van der Waals surface area contributed by atoms with Gasteiger partial charge in [-0.15, -0.1) is 0 Å². The second-order valence-corrected chi connectivity index (χ2v) is 4.64. The minimum Gasteiger partial charge on any atom is -0.392 e. The van der Waals surface area contributed by atoms with Crippen LogP contribution in [0.15, 0.2) is 0 Å². The number of aliphatic hydroxyl groups excluding tert-OH is 1. The van der Waals surface area contributed by atoms with E-state index in [0.717, 1.165) is 32.6 Å². The van der Waals surface area contributed by atoms with Crippen molar-refractivity contribution in [2.75, 3.05) is 26.2 Å². The Labute approximate surface area is 80.1 Å². The molecule has 0 aromatic rings. The van der Waals surface area contributed by atoms with Crippen molar-refractivity contribution in [3.8, 4) is 0 Å². The van der Waals surface area contributed by atoms with E-state index < -0.39 is 0 Å². The Morgan fingerprint density at radius 1 is 1.38 bits per heavy atom. The lowest BCUT2D eigenvalue weighted by molar-refractivity contribution is 0.0788. The highest BCUT2D eigenvalue weighted by molar-refractivity contribution is 4.94. The smallest absolute Gasteiger partial charge is 0.0679 e. The second-order valence-electron chi connectivity index (χ2n) is 4.64. The molecule has 2 rings (SSSR count). The maximum Gasteiger partial charge on any atom is 0.0679 e. The van der Waals surface area contributed by atoms with Crippen LogP contribution >= 0.6 is 0 Å². The number of hydrogen-bond donors (Lipinski definition) is 2. The molecule has 1 unspecified atom stereocenters. The van der Waals surface area contributed by atoms with Gasteiger partial charge in [0, 0.05) is 18.6 Å². The third kappa shape index (κ3) is 1.87. The van der Waals surface area contributed by atoms with E-state index in [9.17, 15) is 5.11 Å². The third-order valence-corrected chi connectivity index (χ3v) is 3.61. The molecule has 2 aliphatic rings. The van der Waals surface area contributed by atoms with Crippen molar-refractivity contribution in [1.82, 2.24) is 10.2 Å². The van der Waals surface area contributed by atoms with Crippen LogP contribution in [0.2, 0.25) is 0 Å². The molecule has 0 aliphatic carbocycles. The SMILES string of the molecule is CC1(N2CCC(O)C2)CCNCC1. The Bertz CT molecular complexity index is 178. The van der Waals surface area contributed by atoms with Gasteiger partial charge in [-0.05, 0) is 39.3 Å². The van der Waals surface area contributed by atoms with Crippen LogP contribution in [0.4, 0.5) is 0 Å². The minimum absolute atomic E-state index is 0.0771. The van der Waals surface area contributed by atoms with E-state index in [1.165, 1.54) is 12.8 Å². The van der Waals surface area contributed by atoms with E-state index in [0.29, 0.717) is 5.54 Å². The van der Waals surface area contributed by atoms with Gasteiger partial charge in [-0.1, -0.05) is 0 Å². The summed E-state index contributed by atoms with van der Waals surface area (Å²) in [5.74, 6) is 0. The molecule has 13 heavy (non-hydrogen) atoms. The average molecular weight is 184 g/mol. The van der Waals surface area contributed by atoms with Gasteiger partial charge in [-0.3, -0.25) is 4.90 Å². The minimum atomic E-state index is -0.0771. The van der Waals surface area contributed by atoms with Crippen LogP contribution in [0.25, 0.3) is 0 Å². The van der Waals surface area contributed by atoms with Crippen molar-refractivity contribution >= 4 is 0 Å². The highest BCUT2D eigenvalue weighted by Gasteiger charge is 2.36. The molecule has 0 bridgehead atoms. The summed E-state index contributed by atoms with van der Waals surface area (Å²) in [5, 5.41) is 12.9. The number of nitrogens with zero attached hydrogens (tertiary/aromatic N) is 1. The van der Waals surface area contributed by atoms with Crippen molar-refractivity contribution < 1.29 is 5.11 Å². The number of β-amino-alcohol motifs (C(OH)–C–C–N with tert-alkyl or cyclic N) is 1. The van der Waals surface area contributed by atoms with Crippen LogP contribution in [-0.2, 0) is 0 Å². The molecular weight excluding hydrogens is 164 g/mol. The molecule has 2 N–H and O–H groups in total. The van der Waals surface area contributed by atoms with E-state index in [2.05, 4.69) is 17.1 Å². The maximum absolute atomic E-state index is 9.49. The van der Waals surface area contributed by atoms with Crippen molar-refractivity contribution in [1.29, 1.82) is 0 Å². The van der Waals surface area contributed by atoms with Crippen molar-refractivity contribution in [2.45, 2.75) is 37.8 Å². The fourth-order valence-corrected chi connectivity index (χ4v) is 2.51. The molecule has 76 valence electrons. The van der Waals surface area contributed by atoms with Gasteiger partial charge >= 0.3 is 0 Å². The molecule has 1 atom stereocenters. The normalized spacial score (nSPS) is 35.1. The molecule has 3 nitrogen and oxygen atoms in total.